The zero-order chi connectivity index (χ0) is 15.1. The van der Waals surface area contributed by atoms with Gasteiger partial charge in [-0.1, -0.05) is 30.3 Å². The van der Waals surface area contributed by atoms with E-state index in [0.717, 1.165) is 17.7 Å². The van der Waals surface area contributed by atoms with Gasteiger partial charge in [0.1, 0.15) is 0 Å². The number of rotatable bonds is 7. The molecule has 1 atom stereocenters. The van der Waals surface area contributed by atoms with E-state index in [9.17, 15) is 4.79 Å². The summed E-state index contributed by atoms with van der Waals surface area (Å²) in [6.45, 7) is 0.624. The van der Waals surface area contributed by atoms with Crippen LogP contribution in [0.4, 0.5) is 0 Å². The number of nitrogens with two attached hydrogens (primary N) is 1. The molecular formula is C16H22N4O. The Morgan fingerprint density at radius 2 is 2.10 bits per heavy atom. The second-order valence-electron chi connectivity index (χ2n) is 5.10. The van der Waals surface area contributed by atoms with E-state index in [1.807, 2.05) is 48.1 Å². The van der Waals surface area contributed by atoms with Crippen LogP contribution in [0.25, 0.3) is 0 Å². The van der Waals surface area contributed by atoms with Crippen molar-refractivity contribution in [3.63, 3.8) is 0 Å². The zero-order valence-electron chi connectivity index (χ0n) is 12.3. The lowest BCUT2D eigenvalue weighted by molar-refractivity contribution is -0.121. The molecule has 2 rings (SSSR count). The highest BCUT2D eigenvalue weighted by Gasteiger charge is 2.08. The first-order chi connectivity index (χ1) is 10.2. The summed E-state index contributed by atoms with van der Waals surface area (Å²) in [5.41, 5.74) is 8.25. The van der Waals surface area contributed by atoms with Crippen molar-refractivity contribution >= 4 is 5.91 Å². The molecule has 0 fully saturated rings. The number of benzene rings is 1. The summed E-state index contributed by atoms with van der Waals surface area (Å²) in [7, 11) is 1.90. The molecule has 1 unspecified atom stereocenters. The van der Waals surface area contributed by atoms with Crippen LogP contribution in [-0.2, 0) is 18.3 Å². The molecule has 0 radical (unpaired) electrons. The molecule has 0 aliphatic heterocycles. The Hall–Kier alpha value is -2.14. The number of amides is 1. The van der Waals surface area contributed by atoms with Gasteiger partial charge < -0.3 is 11.1 Å². The second kappa shape index (κ2) is 7.59. The number of carbonyl (C=O) groups excluding carboxylic acids is 1. The minimum Gasteiger partial charge on any atom is -0.356 e. The Balaban J connectivity index is 1.67. The van der Waals surface area contributed by atoms with Gasteiger partial charge in [-0.15, -0.1) is 0 Å². The summed E-state index contributed by atoms with van der Waals surface area (Å²) in [5.74, 6) is 0.0450. The third kappa shape index (κ3) is 4.72. The van der Waals surface area contributed by atoms with Gasteiger partial charge >= 0.3 is 0 Å². The fourth-order valence-electron chi connectivity index (χ4n) is 2.22. The van der Waals surface area contributed by atoms with Gasteiger partial charge in [0.2, 0.25) is 5.91 Å². The molecule has 2 aromatic rings. The first-order valence-electron chi connectivity index (χ1n) is 7.21. The van der Waals surface area contributed by atoms with Gasteiger partial charge in [-0.05, 0) is 18.1 Å². The molecule has 1 heterocycles. The molecule has 5 nitrogen and oxygen atoms in total. The topological polar surface area (TPSA) is 72.9 Å². The van der Waals surface area contributed by atoms with Crippen molar-refractivity contribution in [1.29, 1.82) is 0 Å². The van der Waals surface area contributed by atoms with Gasteiger partial charge in [-0.3, -0.25) is 9.48 Å². The molecule has 1 aromatic carbocycles. The molecule has 0 aliphatic carbocycles. The van der Waals surface area contributed by atoms with Crippen molar-refractivity contribution < 1.29 is 4.79 Å². The first kappa shape index (κ1) is 15.3. The van der Waals surface area contributed by atoms with Crippen LogP contribution < -0.4 is 11.1 Å². The fraction of sp³-hybridized carbons (Fsp3) is 0.375. The summed E-state index contributed by atoms with van der Waals surface area (Å²) in [6.07, 6.45) is 3.64. The molecule has 3 N–H and O–H groups in total. The van der Waals surface area contributed by atoms with Gasteiger partial charge in [0.15, 0.2) is 0 Å². The molecule has 1 amide bonds. The Morgan fingerprint density at radius 3 is 2.76 bits per heavy atom. The second-order valence-corrected chi connectivity index (χ2v) is 5.10. The van der Waals surface area contributed by atoms with Gasteiger partial charge in [0, 0.05) is 44.4 Å². The van der Waals surface area contributed by atoms with Crippen LogP contribution in [0.3, 0.4) is 0 Å². The monoisotopic (exact) mass is 286 g/mol. The van der Waals surface area contributed by atoms with Crippen LogP contribution in [0.15, 0.2) is 42.6 Å². The smallest absolute Gasteiger partial charge is 0.220 e. The van der Waals surface area contributed by atoms with Crippen molar-refractivity contribution in [2.45, 2.75) is 25.3 Å². The summed E-state index contributed by atoms with van der Waals surface area (Å²) in [4.78, 5) is 11.8. The lowest BCUT2D eigenvalue weighted by Gasteiger charge is -2.12. The van der Waals surface area contributed by atoms with Crippen molar-refractivity contribution in [3.8, 4) is 0 Å². The normalized spacial score (nSPS) is 12.1. The highest BCUT2D eigenvalue weighted by Crippen LogP contribution is 2.14. The first-order valence-corrected chi connectivity index (χ1v) is 7.21. The van der Waals surface area contributed by atoms with Crippen molar-refractivity contribution in [1.82, 2.24) is 15.1 Å². The lowest BCUT2D eigenvalue weighted by Crippen LogP contribution is -2.27. The van der Waals surface area contributed by atoms with E-state index in [2.05, 4.69) is 10.4 Å². The molecule has 0 spiro atoms. The maximum atomic E-state index is 11.8. The minimum atomic E-state index is -0.0889. The van der Waals surface area contributed by atoms with Gasteiger partial charge in [0.05, 0.1) is 0 Å². The molecular weight excluding hydrogens is 264 g/mol. The molecule has 1 aromatic heterocycles. The molecule has 5 heteroatoms. The average Bonchev–Trinajstić information content (AvgIpc) is 2.91. The van der Waals surface area contributed by atoms with E-state index in [-0.39, 0.29) is 11.9 Å². The van der Waals surface area contributed by atoms with Gasteiger partial charge in [-0.2, -0.15) is 5.10 Å². The Kier molecular flexibility index (Phi) is 5.51. The average molecular weight is 286 g/mol. The van der Waals surface area contributed by atoms with Crippen LogP contribution in [0.5, 0.6) is 0 Å². The lowest BCUT2D eigenvalue weighted by atomic mass is 10.0. The fourth-order valence-corrected chi connectivity index (χ4v) is 2.22. The Morgan fingerprint density at radius 1 is 1.33 bits per heavy atom. The summed E-state index contributed by atoms with van der Waals surface area (Å²) >= 11 is 0. The van der Waals surface area contributed by atoms with Crippen LogP contribution in [0.1, 0.15) is 30.1 Å². The van der Waals surface area contributed by atoms with E-state index in [1.165, 1.54) is 0 Å². The van der Waals surface area contributed by atoms with Crippen LogP contribution in [0.2, 0.25) is 0 Å². The molecule has 0 saturated carbocycles. The highest BCUT2D eigenvalue weighted by molar-refractivity contribution is 5.75. The third-order valence-corrected chi connectivity index (χ3v) is 3.54. The summed E-state index contributed by atoms with van der Waals surface area (Å²) in [6, 6.07) is 11.7. The molecule has 0 bridgehead atoms. The third-order valence-electron chi connectivity index (χ3n) is 3.54. The predicted molar refractivity (Wildman–Crippen MR) is 82.5 cm³/mol. The van der Waals surface area contributed by atoms with Gasteiger partial charge in [0.25, 0.3) is 0 Å². The number of nitrogens with one attached hydrogen (secondary N) is 1. The number of aryl methyl sites for hydroxylation is 1. The number of aromatic nitrogens is 2. The van der Waals surface area contributed by atoms with E-state index in [0.29, 0.717) is 19.4 Å². The van der Waals surface area contributed by atoms with Crippen molar-refractivity contribution in [2.75, 3.05) is 6.54 Å². The van der Waals surface area contributed by atoms with E-state index in [1.54, 1.807) is 6.20 Å². The number of hydrogen-bond donors (Lipinski definition) is 2. The molecule has 0 aliphatic rings. The molecule has 21 heavy (non-hydrogen) atoms. The number of hydrogen-bond acceptors (Lipinski definition) is 3. The largest absolute Gasteiger partial charge is 0.356 e. The Bertz CT molecular complexity index is 565. The standard InChI is InChI=1S/C16H22N4O/c1-20-14(10-12-19-20)9-11-18-16(21)8-7-15(17)13-5-3-2-4-6-13/h2-6,10,12,15H,7-9,11,17H2,1H3,(H,18,21). The van der Waals surface area contributed by atoms with Crippen LogP contribution in [-0.4, -0.2) is 22.2 Å². The zero-order valence-corrected chi connectivity index (χ0v) is 12.3. The number of carbonyl (C=O) groups is 1. The van der Waals surface area contributed by atoms with Gasteiger partial charge in [-0.25, -0.2) is 0 Å². The predicted octanol–water partition coefficient (Wildman–Crippen LogP) is 1.56. The highest BCUT2D eigenvalue weighted by atomic mass is 16.1. The summed E-state index contributed by atoms with van der Waals surface area (Å²) < 4.78 is 1.82. The SMILES string of the molecule is Cn1nccc1CCNC(=O)CCC(N)c1ccccc1. The van der Waals surface area contributed by atoms with E-state index < -0.39 is 0 Å². The van der Waals surface area contributed by atoms with Crippen molar-refractivity contribution in [2.24, 2.45) is 12.8 Å². The minimum absolute atomic E-state index is 0.0450. The maximum absolute atomic E-state index is 11.8. The van der Waals surface area contributed by atoms with Crippen molar-refractivity contribution in [3.05, 3.63) is 53.9 Å². The molecule has 112 valence electrons. The van der Waals surface area contributed by atoms with Crippen LogP contribution in [0, 0.1) is 0 Å². The van der Waals surface area contributed by atoms with E-state index in [4.69, 9.17) is 5.73 Å². The quantitative estimate of drug-likeness (QED) is 0.811. The Labute approximate surface area is 125 Å². The van der Waals surface area contributed by atoms with Crippen LogP contribution >= 0.6 is 0 Å². The summed E-state index contributed by atoms with van der Waals surface area (Å²) in [5, 5.41) is 7.01. The maximum Gasteiger partial charge on any atom is 0.220 e. The molecule has 0 saturated heterocycles. The number of nitrogens with zero attached hydrogens (tertiary/aromatic N) is 2. The van der Waals surface area contributed by atoms with E-state index >= 15 is 0 Å².